The first-order chi connectivity index (χ1) is 8.01. The average Bonchev–Trinajstić information content (AvgIpc) is 2.69. The van der Waals surface area contributed by atoms with Crippen molar-refractivity contribution in [2.45, 2.75) is 19.1 Å². The zero-order chi connectivity index (χ0) is 13.0. The summed E-state index contributed by atoms with van der Waals surface area (Å²) in [5.74, 6) is -0.723. The third-order valence-corrected chi connectivity index (χ3v) is 2.91. The summed E-state index contributed by atoms with van der Waals surface area (Å²) < 4.78 is 4.74. The van der Waals surface area contributed by atoms with Crippen LogP contribution in [0.5, 0.6) is 0 Å². The Labute approximate surface area is 101 Å². The molecule has 2 atom stereocenters. The number of hydrogen-bond donors (Lipinski definition) is 4. The number of nitrogens with two attached hydrogens (primary N) is 1. The summed E-state index contributed by atoms with van der Waals surface area (Å²) in [6, 6.07) is 0. The Bertz CT molecular complexity index is 395. The van der Waals surface area contributed by atoms with Crippen molar-refractivity contribution in [1.29, 1.82) is 0 Å². The maximum absolute atomic E-state index is 11.5. The lowest BCUT2D eigenvalue weighted by molar-refractivity contribution is -0.0143. The molecule has 17 heavy (non-hydrogen) atoms. The van der Waals surface area contributed by atoms with Gasteiger partial charge in [-0.1, -0.05) is 11.3 Å². The lowest BCUT2D eigenvalue weighted by Crippen LogP contribution is -2.23. The van der Waals surface area contributed by atoms with E-state index >= 15 is 0 Å². The zero-order valence-corrected chi connectivity index (χ0v) is 9.98. The van der Waals surface area contributed by atoms with Crippen LogP contribution in [0.4, 0.5) is 5.13 Å². The molecule has 0 saturated heterocycles. The number of aliphatic hydroxyl groups excluding tert-OH is 3. The molecule has 0 aromatic carbocycles. The normalized spacial score (nSPS) is 14.4. The van der Waals surface area contributed by atoms with Crippen molar-refractivity contribution in [2.24, 2.45) is 0 Å². The van der Waals surface area contributed by atoms with Crippen LogP contribution < -0.4 is 5.73 Å². The van der Waals surface area contributed by atoms with Crippen LogP contribution >= 0.6 is 11.3 Å². The number of hydrogen-bond acceptors (Lipinski definition) is 8. The van der Waals surface area contributed by atoms with Gasteiger partial charge < -0.3 is 25.8 Å². The molecule has 0 aliphatic carbocycles. The highest BCUT2D eigenvalue weighted by Gasteiger charge is 2.28. The van der Waals surface area contributed by atoms with E-state index in [-0.39, 0.29) is 22.3 Å². The molecule has 0 radical (unpaired) electrons. The largest absolute Gasteiger partial charge is 0.461 e. The standard InChI is InChI=1S/C9H14N2O5S/c1-2-16-8(15)5-7(17-9(10)11-5)6(14)4(13)3-12/h4,6,12-14H,2-3H2,1H3,(H2,10,11). The molecular formula is C9H14N2O5S. The number of aliphatic hydroxyl groups is 3. The molecule has 0 bridgehead atoms. The maximum atomic E-state index is 11.5. The Balaban J connectivity index is 3.02. The fourth-order valence-electron chi connectivity index (χ4n) is 1.17. The minimum absolute atomic E-state index is 0.0762. The van der Waals surface area contributed by atoms with Crippen LogP contribution in [0, 0.1) is 0 Å². The average molecular weight is 262 g/mol. The number of thiazole rings is 1. The van der Waals surface area contributed by atoms with Gasteiger partial charge in [0, 0.05) is 0 Å². The zero-order valence-electron chi connectivity index (χ0n) is 9.16. The first kappa shape index (κ1) is 13.8. The van der Waals surface area contributed by atoms with Crippen LogP contribution in [0.2, 0.25) is 0 Å². The van der Waals surface area contributed by atoms with Crippen LogP contribution in [-0.2, 0) is 4.74 Å². The van der Waals surface area contributed by atoms with Crippen LogP contribution in [0.15, 0.2) is 0 Å². The number of rotatable bonds is 5. The van der Waals surface area contributed by atoms with Gasteiger partial charge in [-0.3, -0.25) is 0 Å². The smallest absolute Gasteiger partial charge is 0.358 e. The predicted octanol–water partition coefficient (Wildman–Crippen LogP) is -0.711. The molecule has 96 valence electrons. The lowest BCUT2D eigenvalue weighted by atomic mass is 10.1. The van der Waals surface area contributed by atoms with Crippen LogP contribution in [0.1, 0.15) is 28.4 Å². The Hall–Kier alpha value is -1.22. The van der Waals surface area contributed by atoms with Gasteiger partial charge in [0.2, 0.25) is 0 Å². The third kappa shape index (κ3) is 3.13. The molecule has 0 aliphatic heterocycles. The van der Waals surface area contributed by atoms with Crippen molar-refractivity contribution < 1.29 is 24.9 Å². The highest BCUT2D eigenvalue weighted by molar-refractivity contribution is 7.15. The molecule has 5 N–H and O–H groups in total. The first-order valence-corrected chi connectivity index (χ1v) is 5.73. The molecule has 7 nitrogen and oxygen atoms in total. The summed E-state index contributed by atoms with van der Waals surface area (Å²) in [6.07, 6.45) is -2.82. The second-order valence-electron chi connectivity index (χ2n) is 3.18. The second kappa shape index (κ2) is 5.92. The van der Waals surface area contributed by atoms with E-state index in [9.17, 15) is 15.0 Å². The van der Waals surface area contributed by atoms with Crippen LogP contribution in [0.3, 0.4) is 0 Å². The third-order valence-electron chi connectivity index (χ3n) is 1.96. The van der Waals surface area contributed by atoms with E-state index in [1.54, 1.807) is 6.92 Å². The van der Waals surface area contributed by atoms with Gasteiger partial charge in [-0.15, -0.1) is 0 Å². The van der Waals surface area contributed by atoms with Crippen LogP contribution in [-0.4, -0.2) is 45.6 Å². The summed E-state index contributed by atoms with van der Waals surface area (Å²) in [5, 5.41) is 27.8. The van der Waals surface area contributed by atoms with Gasteiger partial charge in [0.15, 0.2) is 10.8 Å². The summed E-state index contributed by atoms with van der Waals surface area (Å²) in [6.45, 7) is 1.15. The molecule has 2 unspecified atom stereocenters. The highest BCUT2D eigenvalue weighted by Crippen LogP contribution is 2.29. The van der Waals surface area contributed by atoms with Gasteiger partial charge in [-0.25, -0.2) is 9.78 Å². The predicted molar refractivity (Wildman–Crippen MR) is 60.5 cm³/mol. The van der Waals surface area contributed by atoms with E-state index in [0.717, 1.165) is 11.3 Å². The number of nitrogen functional groups attached to an aromatic ring is 1. The van der Waals surface area contributed by atoms with Crippen molar-refractivity contribution in [2.75, 3.05) is 18.9 Å². The number of esters is 1. The van der Waals surface area contributed by atoms with Gasteiger partial charge >= 0.3 is 5.97 Å². The van der Waals surface area contributed by atoms with E-state index in [4.69, 9.17) is 15.6 Å². The first-order valence-electron chi connectivity index (χ1n) is 4.91. The molecule has 0 aliphatic rings. The highest BCUT2D eigenvalue weighted by atomic mass is 32.1. The summed E-state index contributed by atoms with van der Waals surface area (Å²) in [5.41, 5.74) is 5.31. The minimum atomic E-state index is -1.42. The van der Waals surface area contributed by atoms with Gasteiger partial charge in [0.1, 0.15) is 12.2 Å². The van der Waals surface area contributed by atoms with E-state index in [1.165, 1.54) is 0 Å². The van der Waals surface area contributed by atoms with Crippen molar-refractivity contribution in [1.82, 2.24) is 4.98 Å². The number of aromatic nitrogens is 1. The van der Waals surface area contributed by atoms with Crippen molar-refractivity contribution in [3.63, 3.8) is 0 Å². The molecule has 1 heterocycles. The topological polar surface area (TPSA) is 126 Å². The Morgan fingerprint density at radius 1 is 1.59 bits per heavy atom. The molecule has 0 saturated carbocycles. The summed E-state index contributed by atoms with van der Waals surface area (Å²) in [4.78, 5) is 15.3. The quantitative estimate of drug-likeness (QED) is 0.516. The molecule has 0 amide bonds. The molecule has 1 aromatic heterocycles. The fraction of sp³-hybridized carbons (Fsp3) is 0.556. The number of carbonyl (C=O) groups excluding carboxylic acids is 1. The molecule has 1 rings (SSSR count). The van der Waals surface area contributed by atoms with E-state index < -0.39 is 24.8 Å². The summed E-state index contributed by atoms with van der Waals surface area (Å²) >= 11 is 0.865. The molecular weight excluding hydrogens is 248 g/mol. The Kier molecular flexibility index (Phi) is 4.82. The molecule has 0 spiro atoms. The molecule has 0 fully saturated rings. The molecule has 1 aromatic rings. The Morgan fingerprint density at radius 3 is 2.76 bits per heavy atom. The minimum Gasteiger partial charge on any atom is -0.461 e. The lowest BCUT2D eigenvalue weighted by Gasteiger charge is -2.14. The van der Waals surface area contributed by atoms with E-state index in [2.05, 4.69) is 4.98 Å². The summed E-state index contributed by atoms with van der Waals surface area (Å²) in [7, 11) is 0. The Morgan fingerprint density at radius 2 is 2.24 bits per heavy atom. The second-order valence-corrected chi connectivity index (χ2v) is 4.24. The van der Waals surface area contributed by atoms with E-state index in [0.29, 0.717) is 0 Å². The van der Waals surface area contributed by atoms with Crippen molar-refractivity contribution in [3.8, 4) is 0 Å². The maximum Gasteiger partial charge on any atom is 0.358 e. The SMILES string of the molecule is CCOC(=O)c1nc(N)sc1C(O)C(O)CO. The van der Waals surface area contributed by atoms with Crippen LogP contribution in [0.25, 0.3) is 0 Å². The number of nitrogens with zero attached hydrogens (tertiary/aromatic N) is 1. The van der Waals surface area contributed by atoms with Gasteiger partial charge in [0.25, 0.3) is 0 Å². The molecule has 8 heteroatoms. The monoisotopic (exact) mass is 262 g/mol. The fourth-order valence-corrected chi connectivity index (χ4v) is 2.04. The van der Waals surface area contributed by atoms with Crippen molar-refractivity contribution in [3.05, 3.63) is 10.6 Å². The number of ether oxygens (including phenoxy) is 1. The van der Waals surface area contributed by atoms with Crippen molar-refractivity contribution >= 4 is 22.4 Å². The van der Waals surface area contributed by atoms with Gasteiger partial charge in [-0.2, -0.15) is 0 Å². The van der Waals surface area contributed by atoms with Gasteiger partial charge in [0.05, 0.1) is 18.1 Å². The van der Waals surface area contributed by atoms with E-state index in [1.807, 2.05) is 0 Å². The number of anilines is 1. The number of carbonyl (C=O) groups is 1. The van der Waals surface area contributed by atoms with Gasteiger partial charge in [-0.05, 0) is 6.92 Å².